The van der Waals surface area contributed by atoms with Gasteiger partial charge in [0.1, 0.15) is 18.4 Å². The van der Waals surface area contributed by atoms with Gasteiger partial charge in [0, 0.05) is 32.9 Å². The summed E-state index contributed by atoms with van der Waals surface area (Å²) in [7, 11) is 4.62. The van der Waals surface area contributed by atoms with Crippen molar-refractivity contribution < 1.29 is 23.9 Å². The highest BCUT2D eigenvalue weighted by Gasteiger charge is 2.32. The number of carbonyl (C=O) groups excluding carboxylic acids is 3. The summed E-state index contributed by atoms with van der Waals surface area (Å²) in [5.74, 6) is 0.0109. The van der Waals surface area contributed by atoms with Crippen LogP contribution in [0.1, 0.15) is 6.92 Å². The molecule has 9 heteroatoms. The van der Waals surface area contributed by atoms with E-state index in [1.54, 1.807) is 37.1 Å². The van der Waals surface area contributed by atoms with Crippen molar-refractivity contribution in [2.24, 2.45) is 0 Å². The second-order valence-electron chi connectivity index (χ2n) is 5.96. The highest BCUT2D eigenvalue weighted by atomic mass is 16.5. The summed E-state index contributed by atoms with van der Waals surface area (Å²) in [6.07, 6.45) is 0. The van der Waals surface area contributed by atoms with Gasteiger partial charge in [-0.05, 0) is 25.1 Å². The van der Waals surface area contributed by atoms with Gasteiger partial charge in [-0.2, -0.15) is 0 Å². The van der Waals surface area contributed by atoms with Crippen molar-refractivity contribution >= 4 is 29.2 Å². The minimum Gasteiger partial charge on any atom is -0.495 e. The van der Waals surface area contributed by atoms with E-state index in [0.717, 1.165) is 0 Å². The van der Waals surface area contributed by atoms with Crippen LogP contribution in [0.25, 0.3) is 0 Å². The van der Waals surface area contributed by atoms with Crippen molar-refractivity contribution in [2.45, 2.75) is 13.0 Å². The van der Waals surface area contributed by atoms with E-state index in [1.807, 2.05) is 0 Å². The molecule has 0 saturated carbocycles. The van der Waals surface area contributed by atoms with E-state index >= 15 is 0 Å². The Hall–Kier alpha value is -2.81. The summed E-state index contributed by atoms with van der Waals surface area (Å²) in [5.41, 5.74) is 0.886. The molecule has 1 aromatic rings. The maximum absolute atomic E-state index is 12.5. The predicted octanol–water partition coefficient (Wildman–Crippen LogP) is 0.974. The first-order valence-electron chi connectivity index (χ1n) is 8.16. The lowest BCUT2D eigenvalue weighted by molar-refractivity contribution is -0.137. The van der Waals surface area contributed by atoms with Gasteiger partial charge in [0.05, 0.1) is 12.8 Å². The number of carbonyl (C=O) groups is 3. The highest BCUT2D eigenvalue weighted by Crippen LogP contribution is 2.28. The Morgan fingerprint density at radius 1 is 1.23 bits per heavy atom. The molecular weight excluding hydrogens is 340 g/mol. The molecule has 0 radical (unpaired) electrons. The Kier molecular flexibility index (Phi) is 6.40. The van der Waals surface area contributed by atoms with Crippen molar-refractivity contribution in [1.29, 1.82) is 0 Å². The summed E-state index contributed by atoms with van der Waals surface area (Å²) >= 11 is 0. The van der Waals surface area contributed by atoms with Crippen LogP contribution >= 0.6 is 0 Å². The van der Waals surface area contributed by atoms with Crippen LogP contribution in [-0.4, -0.2) is 74.7 Å². The number of amides is 4. The third-order valence-electron chi connectivity index (χ3n) is 4.14. The molecule has 4 amide bonds. The maximum Gasteiger partial charge on any atom is 0.322 e. The molecule has 1 atom stereocenters. The van der Waals surface area contributed by atoms with Crippen LogP contribution in [0.2, 0.25) is 0 Å². The Morgan fingerprint density at radius 3 is 2.62 bits per heavy atom. The van der Waals surface area contributed by atoms with E-state index in [9.17, 15) is 14.4 Å². The minimum absolute atomic E-state index is 0.0966. The zero-order valence-electron chi connectivity index (χ0n) is 15.4. The van der Waals surface area contributed by atoms with Crippen LogP contribution in [0.15, 0.2) is 18.2 Å². The summed E-state index contributed by atoms with van der Waals surface area (Å²) < 4.78 is 10.0. The summed E-state index contributed by atoms with van der Waals surface area (Å²) in [6.45, 7) is 2.53. The second kappa shape index (κ2) is 8.52. The van der Waals surface area contributed by atoms with E-state index in [4.69, 9.17) is 9.47 Å². The minimum atomic E-state index is -0.534. The Labute approximate surface area is 152 Å². The average Bonchev–Trinajstić information content (AvgIpc) is 2.60. The fraction of sp³-hybridized carbons (Fsp3) is 0.471. The van der Waals surface area contributed by atoms with Gasteiger partial charge >= 0.3 is 6.03 Å². The van der Waals surface area contributed by atoms with Crippen molar-refractivity contribution in [3.05, 3.63) is 18.2 Å². The van der Waals surface area contributed by atoms with Gasteiger partial charge in [0.25, 0.3) is 0 Å². The molecule has 1 aromatic carbocycles. The molecule has 9 nitrogen and oxygen atoms in total. The SMILES string of the molecule is COCC(=O)Nc1cc(NC(=O)N2CCN(C)C(=O)[C@H]2C)ccc1OC. The highest BCUT2D eigenvalue weighted by molar-refractivity contribution is 5.97. The first kappa shape index (κ1) is 19.5. The maximum atomic E-state index is 12.5. The second-order valence-corrected chi connectivity index (χ2v) is 5.96. The van der Waals surface area contributed by atoms with Crippen LogP contribution in [0.3, 0.4) is 0 Å². The number of methoxy groups -OCH3 is 2. The standard InChI is InChI=1S/C17H24N4O5/c1-11-16(23)20(2)7-8-21(11)17(24)18-12-5-6-14(26-4)13(9-12)19-15(22)10-25-3/h5-6,9,11H,7-8,10H2,1-4H3,(H,18,24)(H,19,22)/t11-/m1/s1. The summed E-state index contributed by atoms with van der Waals surface area (Å²) in [6, 6.07) is 3.97. The molecule has 1 fully saturated rings. The van der Waals surface area contributed by atoms with E-state index in [-0.39, 0.29) is 24.5 Å². The van der Waals surface area contributed by atoms with Gasteiger partial charge in [0.2, 0.25) is 11.8 Å². The van der Waals surface area contributed by atoms with Crippen LogP contribution in [0.4, 0.5) is 16.2 Å². The molecule has 2 rings (SSSR count). The topological polar surface area (TPSA) is 100 Å². The van der Waals surface area contributed by atoms with Crippen molar-refractivity contribution in [3.63, 3.8) is 0 Å². The molecule has 0 bridgehead atoms. The summed E-state index contributed by atoms with van der Waals surface area (Å²) in [5, 5.41) is 5.42. The number of hydrogen-bond donors (Lipinski definition) is 2. The molecule has 26 heavy (non-hydrogen) atoms. The third-order valence-corrected chi connectivity index (χ3v) is 4.14. The summed E-state index contributed by atoms with van der Waals surface area (Å²) in [4.78, 5) is 39.4. The van der Waals surface area contributed by atoms with Gasteiger partial charge < -0.3 is 29.9 Å². The Morgan fingerprint density at radius 2 is 1.96 bits per heavy atom. The number of anilines is 2. The molecule has 1 aliphatic rings. The number of nitrogens with zero attached hydrogens (tertiary/aromatic N) is 2. The first-order valence-corrected chi connectivity index (χ1v) is 8.16. The molecule has 0 spiro atoms. The number of nitrogens with one attached hydrogen (secondary N) is 2. The van der Waals surface area contributed by atoms with Crippen molar-refractivity contribution in [2.75, 3.05) is 51.6 Å². The third kappa shape index (κ3) is 4.42. The first-order chi connectivity index (χ1) is 12.4. The zero-order chi connectivity index (χ0) is 19.3. The Balaban J connectivity index is 2.12. The molecule has 0 aliphatic carbocycles. The van der Waals surface area contributed by atoms with Crippen LogP contribution in [0.5, 0.6) is 5.75 Å². The largest absolute Gasteiger partial charge is 0.495 e. The molecule has 1 aliphatic heterocycles. The fourth-order valence-electron chi connectivity index (χ4n) is 2.69. The molecule has 1 saturated heterocycles. The fourth-order valence-corrected chi connectivity index (χ4v) is 2.69. The number of ether oxygens (including phenoxy) is 2. The molecule has 142 valence electrons. The monoisotopic (exact) mass is 364 g/mol. The molecule has 0 unspecified atom stereocenters. The van der Waals surface area contributed by atoms with Crippen LogP contribution in [-0.2, 0) is 14.3 Å². The number of benzene rings is 1. The van der Waals surface area contributed by atoms with Gasteiger partial charge in [-0.25, -0.2) is 4.79 Å². The van der Waals surface area contributed by atoms with E-state index in [2.05, 4.69) is 10.6 Å². The number of likely N-dealkylation sites (N-methyl/N-ethyl adjacent to an activating group) is 1. The van der Waals surface area contributed by atoms with Gasteiger partial charge in [-0.3, -0.25) is 9.59 Å². The lowest BCUT2D eigenvalue weighted by Gasteiger charge is -2.37. The molecule has 1 heterocycles. The van der Waals surface area contributed by atoms with Crippen LogP contribution < -0.4 is 15.4 Å². The average molecular weight is 364 g/mol. The lowest BCUT2D eigenvalue weighted by atomic mass is 10.2. The predicted molar refractivity (Wildman–Crippen MR) is 96.3 cm³/mol. The Bertz CT molecular complexity index is 694. The number of urea groups is 1. The van der Waals surface area contributed by atoms with Crippen molar-refractivity contribution in [3.8, 4) is 5.75 Å². The molecule has 0 aromatic heterocycles. The van der Waals surface area contributed by atoms with Gasteiger partial charge in [0.15, 0.2) is 0 Å². The number of piperazine rings is 1. The van der Waals surface area contributed by atoms with E-state index in [1.165, 1.54) is 19.1 Å². The zero-order valence-corrected chi connectivity index (χ0v) is 15.4. The normalized spacial score (nSPS) is 17.1. The van der Waals surface area contributed by atoms with Gasteiger partial charge in [-0.1, -0.05) is 0 Å². The van der Waals surface area contributed by atoms with Crippen LogP contribution in [0, 0.1) is 0 Å². The molecule has 2 N–H and O–H groups in total. The van der Waals surface area contributed by atoms with E-state index in [0.29, 0.717) is 30.2 Å². The van der Waals surface area contributed by atoms with E-state index < -0.39 is 6.04 Å². The van der Waals surface area contributed by atoms with Crippen molar-refractivity contribution in [1.82, 2.24) is 9.80 Å². The molecular formula is C17H24N4O5. The quantitative estimate of drug-likeness (QED) is 0.811. The smallest absolute Gasteiger partial charge is 0.322 e. The number of rotatable bonds is 5. The lowest BCUT2D eigenvalue weighted by Crippen LogP contribution is -2.57. The van der Waals surface area contributed by atoms with Gasteiger partial charge in [-0.15, -0.1) is 0 Å². The number of hydrogen-bond acceptors (Lipinski definition) is 5.